The van der Waals surface area contributed by atoms with Crippen molar-refractivity contribution in [1.29, 1.82) is 0 Å². The van der Waals surface area contributed by atoms with Crippen LogP contribution in [-0.2, 0) is 27.0 Å². The second-order valence-electron chi connectivity index (χ2n) is 12.9. The van der Waals surface area contributed by atoms with Gasteiger partial charge >= 0.3 is 12.1 Å². The molecule has 0 bridgehead atoms. The molecule has 12 heteroatoms. The van der Waals surface area contributed by atoms with Crippen LogP contribution < -0.4 is 4.90 Å². The molecule has 1 unspecified atom stereocenters. The number of ether oxygens (including phenoxy) is 2. The molecule has 1 saturated carbocycles. The van der Waals surface area contributed by atoms with Crippen LogP contribution in [-0.4, -0.2) is 84.4 Å². The Kier molecular flexibility index (Phi) is 8.60. The van der Waals surface area contributed by atoms with E-state index >= 15 is 0 Å². The van der Waals surface area contributed by atoms with E-state index in [1.807, 2.05) is 0 Å². The third-order valence-electron chi connectivity index (χ3n) is 10.0. The van der Waals surface area contributed by atoms with Gasteiger partial charge in [-0.1, -0.05) is 6.07 Å². The predicted octanol–water partition coefficient (Wildman–Crippen LogP) is 4.94. The number of alkyl halides is 3. The molecule has 3 fully saturated rings. The van der Waals surface area contributed by atoms with Crippen molar-refractivity contribution in [2.75, 3.05) is 44.8 Å². The van der Waals surface area contributed by atoms with Gasteiger partial charge in [0.15, 0.2) is 0 Å². The summed E-state index contributed by atoms with van der Waals surface area (Å²) in [6, 6.07) is 8.07. The number of methoxy groups -OCH3 is 1. The molecule has 3 heterocycles. The lowest BCUT2D eigenvalue weighted by atomic mass is 9.83. The maximum absolute atomic E-state index is 14.2. The van der Waals surface area contributed by atoms with Crippen molar-refractivity contribution in [3.8, 4) is 0 Å². The number of hydrogen-bond donors (Lipinski definition) is 1. The zero-order chi connectivity index (χ0) is 32.1. The molecular formula is C33H39F4N3O5. The SMILES string of the molecule is COC(=O)c1cc(N2CCN([C@@H]3CC[C@@](CC(=O)N4Cc5cc(C(F)(F)F)ccc5C(O)C4)(C4CC4)OC3)C[C@@H]2C)ccc1F. The molecule has 0 aromatic heterocycles. The summed E-state index contributed by atoms with van der Waals surface area (Å²) in [5, 5.41) is 10.7. The number of carbonyl (C=O) groups is 2. The predicted molar refractivity (Wildman–Crippen MR) is 157 cm³/mol. The molecule has 45 heavy (non-hydrogen) atoms. The molecule has 1 amide bonds. The fourth-order valence-corrected chi connectivity index (χ4v) is 7.37. The number of halogens is 4. The van der Waals surface area contributed by atoms with Gasteiger partial charge in [0.1, 0.15) is 5.82 Å². The second-order valence-corrected chi connectivity index (χ2v) is 12.9. The molecule has 4 aliphatic rings. The number of esters is 1. The highest BCUT2D eigenvalue weighted by Crippen LogP contribution is 2.49. The minimum absolute atomic E-state index is 0.0237. The summed E-state index contributed by atoms with van der Waals surface area (Å²) in [4.78, 5) is 31.6. The monoisotopic (exact) mass is 633 g/mol. The van der Waals surface area contributed by atoms with Gasteiger partial charge in [-0.2, -0.15) is 13.2 Å². The highest BCUT2D eigenvalue weighted by Gasteiger charge is 2.51. The van der Waals surface area contributed by atoms with Crippen molar-refractivity contribution in [1.82, 2.24) is 9.80 Å². The Balaban J connectivity index is 1.08. The van der Waals surface area contributed by atoms with Crippen molar-refractivity contribution in [2.45, 2.75) is 75.5 Å². The van der Waals surface area contributed by atoms with Gasteiger partial charge in [0.2, 0.25) is 5.91 Å². The van der Waals surface area contributed by atoms with Crippen molar-refractivity contribution in [3.05, 3.63) is 64.5 Å². The van der Waals surface area contributed by atoms with Crippen LogP contribution >= 0.6 is 0 Å². The molecule has 0 radical (unpaired) electrons. The summed E-state index contributed by atoms with van der Waals surface area (Å²) in [5.74, 6) is -1.28. The first-order valence-corrected chi connectivity index (χ1v) is 15.6. The Labute approximate surface area is 259 Å². The number of benzene rings is 2. The highest BCUT2D eigenvalue weighted by atomic mass is 19.4. The summed E-state index contributed by atoms with van der Waals surface area (Å²) >= 11 is 0. The first kappa shape index (κ1) is 31.7. The van der Waals surface area contributed by atoms with E-state index in [-0.39, 0.29) is 49.0 Å². The summed E-state index contributed by atoms with van der Waals surface area (Å²) < 4.78 is 65.5. The molecule has 4 atom stereocenters. The number of nitrogens with zero attached hydrogens (tertiary/aromatic N) is 3. The van der Waals surface area contributed by atoms with Crippen LogP contribution in [0.4, 0.5) is 23.2 Å². The molecule has 0 spiro atoms. The van der Waals surface area contributed by atoms with Crippen LogP contribution in [0.25, 0.3) is 0 Å². The third kappa shape index (κ3) is 6.41. The van der Waals surface area contributed by atoms with Crippen LogP contribution in [0, 0.1) is 11.7 Å². The number of amides is 1. The smallest absolute Gasteiger partial charge is 0.416 e. The second kappa shape index (κ2) is 12.2. The van der Waals surface area contributed by atoms with Crippen molar-refractivity contribution < 1.29 is 41.7 Å². The van der Waals surface area contributed by atoms with Crippen LogP contribution in [0.1, 0.15) is 72.2 Å². The van der Waals surface area contributed by atoms with Gasteiger partial charge < -0.3 is 24.4 Å². The fourth-order valence-electron chi connectivity index (χ4n) is 7.37. The lowest BCUT2D eigenvalue weighted by Crippen LogP contribution is -2.58. The van der Waals surface area contributed by atoms with Gasteiger partial charge in [-0.3, -0.25) is 9.69 Å². The first-order chi connectivity index (χ1) is 21.4. The van der Waals surface area contributed by atoms with E-state index in [1.54, 1.807) is 6.07 Å². The lowest BCUT2D eigenvalue weighted by Gasteiger charge is -2.48. The molecule has 2 aromatic carbocycles. The summed E-state index contributed by atoms with van der Waals surface area (Å²) in [5.41, 5.74) is 0.00702. The van der Waals surface area contributed by atoms with Crippen molar-refractivity contribution >= 4 is 17.6 Å². The number of carbonyl (C=O) groups excluding carboxylic acids is 2. The maximum atomic E-state index is 14.2. The zero-order valence-electron chi connectivity index (χ0n) is 25.5. The quantitative estimate of drug-likeness (QED) is 0.357. The minimum Gasteiger partial charge on any atom is -0.465 e. The summed E-state index contributed by atoms with van der Waals surface area (Å²) in [7, 11) is 1.23. The van der Waals surface area contributed by atoms with E-state index in [0.29, 0.717) is 30.7 Å². The Bertz CT molecular complexity index is 1440. The minimum atomic E-state index is -4.51. The number of piperazine rings is 1. The molecular weight excluding hydrogens is 594 g/mol. The topological polar surface area (TPSA) is 82.6 Å². The molecule has 244 valence electrons. The van der Waals surface area contributed by atoms with E-state index in [1.165, 1.54) is 30.2 Å². The number of aliphatic hydroxyl groups is 1. The largest absolute Gasteiger partial charge is 0.465 e. The zero-order valence-corrected chi connectivity index (χ0v) is 25.5. The third-order valence-corrected chi connectivity index (χ3v) is 10.0. The van der Waals surface area contributed by atoms with Crippen LogP contribution in [0.15, 0.2) is 36.4 Å². The number of hydrogen-bond acceptors (Lipinski definition) is 7. The van der Waals surface area contributed by atoms with Gasteiger partial charge in [-0.25, -0.2) is 9.18 Å². The molecule has 8 nitrogen and oxygen atoms in total. The van der Waals surface area contributed by atoms with Gasteiger partial charge in [0, 0.05) is 44.0 Å². The lowest BCUT2D eigenvalue weighted by molar-refractivity contribution is -0.156. The maximum Gasteiger partial charge on any atom is 0.416 e. The first-order valence-electron chi connectivity index (χ1n) is 15.6. The van der Waals surface area contributed by atoms with E-state index in [2.05, 4.69) is 16.7 Å². The number of fused-ring (bicyclic) bond motifs is 1. The van der Waals surface area contributed by atoms with E-state index in [4.69, 9.17) is 9.47 Å². The average Bonchev–Trinajstić information content (AvgIpc) is 3.87. The van der Waals surface area contributed by atoms with Crippen molar-refractivity contribution in [3.63, 3.8) is 0 Å². The van der Waals surface area contributed by atoms with Gasteiger partial charge in [0.05, 0.1) is 49.5 Å². The van der Waals surface area contributed by atoms with Crippen molar-refractivity contribution in [2.24, 2.45) is 5.92 Å². The molecule has 2 aromatic rings. The van der Waals surface area contributed by atoms with E-state index in [0.717, 1.165) is 50.2 Å². The Morgan fingerprint density at radius 3 is 2.51 bits per heavy atom. The number of aliphatic hydroxyl groups excluding tert-OH is 1. The van der Waals surface area contributed by atoms with E-state index < -0.39 is 35.2 Å². The summed E-state index contributed by atoms with van der Waals surface area (Å²) in [6.45, 7) is 4.81. The number of β-amino-alcohol motifs (C(OH)–C–C–N with tert-alkyl or cyclic N) is 1. The Hall–Kier alpha value is -3.22. The normalized spacial score (nSPS) is 27.7. The molecule has 1 N–H and O–H groups in total. The summed E-state index contributed by atoms with van der Waals surface area (Å²) in [6.07, 6.45) is -1.92. The number of rotatable bonds is 6. The van der Waals surface area contributed by atoms with Crippen LogP contribution in [0.2, 0.25) is 0 Å². The molecule has 1 aliphatic carbocycles. The van der Waals surface area contributed by atoms with Crippen LogP contribution in [0.3, 0.4) is 0 Å². The molecule has 3 aliphatic heterocycles. The van der Waals surface area contributed by atoms with E-state index in [9.17, 15) is 32.3 Å². The van der Waals surface area contributed by atoms with Gasteiger partial charge in [-0.05, 0) is 80.0 Å². The van der Waals surface area contributed by atoms with Gasteiger partial charge in [0.25, 0.3) is 0 Å². The molecule has 6 rings (SSSR count). The average molecular weight is 634 g/mol. The Morgan fingerprint density at radius 1 is 1.09 bits per heavy atom. The number of anilines is 1. The fraction of sp³-hybridized carbons (Fsp3) is 0.576. The van der Waals surface area contributed by atoms with Gasteiger partial charge in [-0.15, -0.1) is 0 Å². The molecule has 2 saturated heterocycles. The highest BCUT2D eigenvalue weighted by molar-refractivity contribution is 5.90. The standard InChI is InChI=1S/C33H39F4N3O5/c1-20-16-38(11-12-40(20)24-6-8-28(34)27(14-24)31(43)44-2)25-9-10-32(45-19-25,22-3-4-22)15-30(42)39-17-21-13-23(33(35,36)37)5-7-26(21)29(41)18-39/h5-8,13-14,20,22,25,29,41H,3-4,9-12,15-19H2,1-2H3/t20-,25+,29?,32+/m0/s1. The Morgan fingerprint density at radius 2 is 1.87 bits per heavy atom. The van der Waals surface area contributed by atoms with Crippen LogP contribution in [0.5, 0.6) is 0 Å².